The first-order chi connectivity index (χ1) is 32.0. The van der Waals surface area contributed by atoms with E-state index in [4.69, 9.17) is 14.2 Å². The first kappa shape index (κ1) is 61.9. The molecule has 0 aliphatic heterocycles. The van der Waals surface area contributed by atoms with E-state index in [1.807, 2.05) is 0 Å². The largest absolute Gasteiger partial charge is 0.462 e. The molecule has 0 amide bonds. The van der Waals surface area contributed by atoms with E-state index < -0.39 is 6.10 Å². The van der Waals surface area contributed by atoms with Crippen LogP contribution in [0.15, 0.2) is 72.9 Å². The second-order valence-electron chi connectivity index (χ2n) is 18.1. The number of hydrogen-bond acceptors (Lipinski definition) is 6. The molecule has 0 bridgehead atoms. The van der Waals surface area contributed by atoms with E-state index >= 15 is 0 Å². The van der Waals surface area contributed by atoms with Gasteiger partial charge in [0.1, 0.15) is 13.2 Å². The summed E-state index contributed by atoms with van der Waals surface area (Å²) in [5, 5.41) is 0. The van der Waals surface area contributed by atoms with Gasteiger partial charge >= 0.3 is 17.9 Å². The molecular formula is C59H102O6. The van der Waals surface area contributed by atoms with Crippen molar-refractivity contribution in [1.29, 1.82) is 0 Å². The molecule has 374 valence electrons. The number of unbranched alkanes of at least 4 members (excludes halogenated alkanes) is 26. The highest BCUT2D eigenvalue weighted by molar-refractivity contribution is 5.71. The van der Waals surface area contributed by atoms with Gasteiger partial charge in [-0.1, -0.05) is 235 Å². The molecule has 0 aliphatic rings. The lowest BCUT2D eigenvalue weighted by atomic mass is 10.0. The van der Waals surface area contributed by atoms with E-state index in [2.05, 4.69) is 93.7 Å². The quantitative estimate of drug-likeness (QED) is 0.0262. The fraction of sp³-hybridized carbons (Fsp3) is 0.746. The molecule has 0 saturated heterocycles. The Labute approximate surface area is 402 Å². The molecule has 1 unspecified atom stereocenters. The molecule has 0 aliphatic carbocycles. The van der Waals surface area contributed by atoms with Crippen molar-refractivity contribution >= 4 is 17.9 Å². The number of rotatable bonds is 49. The molecule has 6 heteroatoms. The Hall–Kier alpha value is -3.15. The van der Waals surface area contributed by atoms with Crippen LogP contribution in [0.25, 0.3) is 0 Å². The molecule has 0 fully saturated rings. The van der Waals surface area contributed by atoms with E-state index in [0.29, 0.717) is 19.3 Å². The summed E-state index contributed by atoms with van der Waals surface area (Å²) in [6, 6.07) is 0. The van der Waals surface area contributed by atoms with E-state index in [9.17, 15) is 14.4 Å². The Kier molecular flexibility index (Phi) is 50.9. The first-order valence-electron chi connectivity index (χ1n) is 27.4. The molecule has 1 atom stereocenters. The summed E-state index contributed by atoms with van der Waals surface area (Å²) in [5.74, 6) is -0.899. The Bertz CT molecular complexity index is 1230. The maximum Gasteiger partial charge on any atom is 0.306 e. The third-order valence-corrected chi connectivity index (χ3v) is 11.7. The lowest BCUT2D eigenvalue weighted by Gasteiger charge is -2.18. The number of hydrogen-bond donors (Lipinski definition) is 0. The van der Waals surface area contributed by atoms with E-state index in [1.54, 1.807) is 0 Å². The summed E-state index contributed by atoms with van der Waals surface area (Å²) in [7, 11) is 0. The number of carbonyl (C=O) groups excluding carboxylic acids is 3. The second-order valence-corrected chi connectivity index (χ2v) is 18.1. The van der Waals surface area contributed by atoms with Crippen molar-refractivity contribution in [3.05, 3.63) is 72.9 Å². The van der Waals surface area contributed by atoms with Crippen molar-refractivity contribution in [1.82, 2.24) is 0 Å². The Morgan fingerprint density at radius 1 is 0.323 bits per heavy atom. The van der Waals surface area contributed by atoms with Crippen LogP contribution in [0.1, 0.15) is 265 Å². The van der Waals surface area contributed by atoms with Crippen LogP contribution < -0.4 is 0 Å². The minimum atomic E-state index is -0.784. The summed E-state index contributed by atoms with van der Waals surface area (Å²) in [6.07, 6.45) is 67.4. The molecule has 0 aromatic carbocycles. The number of allylic oxidation sites excluding steroid dienone is 12. The SMILES string of the molecule is CC/C=C\C/C=C\C/C=C\C/C=C\CCCCCCCCCCC(=O)OCC(COC(=O)CCCCCCCCCCCCCCC)OC(=O)CCCCCCC/C=C\C/C=C\CCC. The number of esters is 3. The van der Waals surface area contributed by atoms with Gasteiger partial charge in [0.25, 0.3) is 0 Å². The Morgan fingerprint density at radius 3 is 1.00 bits per heavy atom. The van der Waals surface area contributed by atoms with Crippen molar-refractivity contribution in [3.8, 4) is 0 Å². The van der Waals surface area contributed by atoms with Gasteiger partial charge in [0.2, 0.25) is 0 Å². The van der Waals surface area contributed by atoms with Crippen molar-refractivity contribution in [2.75, 3.05) is 13.2 Å². The van der Waals surface area contributed by atoms with Gasteiger partial charge in [-0.3, -0.25) is 14.4 Å². The molecule has 6 nitrogen and oxygen atoms in total. The normalized spacial score (nSPS) is 12.6. The smallest absolute Gasteiger partial charge is 0.306 e. The summed E-state index contributed by atoms with van der Waals surface area (Å²) in [6.45, 7) is 6.45. The summed E-state index contributed by atoms with van der Waals surface area (Å²) in [5.41, 5.74) is 0. The van der Waals surface area contributed by atoms with Crippen LogP contribution in [0.5, 0.6) is 0 Å². The van der Waals surface area contributed by atoms with Crippen molar-refractivity contribution in [3.63, 3.8) is 0 Å². The highest BCUT2D eigenvalue weighted by Gasteiger charge is 2.19. The van der Waals surface area contributed by atoms with Gasteiger partial charge in [0, 0.05) is 19.3 Å². The molecule has 65 heavy (non-hydrogen) atoms. The van der Waals surface area contributed by atoms with Gasteiger partial charge in [-0.05, 0) is 83.5 Å². The van der Waals surface area contributed by atoms with Gasteiger partial charge in [-0.25, -0.2) is 0 Å². The van der Waals surface area contributed by atoms with Crippen LogP contribution in [0.3, 0.4) is 0 Å². The van der Waals surface area contributed by atoms with E-state index in [-0.39, 0.29) is 31.1 Å². The van der Waals surface area contributed by atoms with Gasteiger partial charge in [-0.2, -0.15) is 0 Å². The molecule has 0 aromatic heterocycles. The van der Waals surface area contributed by atoms with Crippen LogP contribution in [0.2, 0.25) is 0 Å². The molecule has 0 N–H and O–H groups in total. The van der Waals surface area contributed by atoms with Crippen LogP contribution in [-0.2, 0) is 28.6 Å². The fourth-order valence-electron chi connectivity index (χ4n) is 7.59. The fourth-order valence-corrected chi connectivity index (χ4v) is 7.59. The van der Waals surface area contributed by atoms with Crippen LogP contribution in [-0.4, -0.2) is 37.2 Å². The Balaban J connectivity index is 4.35. The van der Waals surface area contributed by atoms with Crippen LogP contribution >= 0.6 is 0 Å². The van der Waals surface area contributed by atoms with Gasteiger partial charge in [0.15, 0.2) is 6.10 Å². The Morgan fingerprint density at radius 2 is 0.631 bits per heavy atom. The molecule has 0 heterocycles. The summed E-state index contributed by atoms with van der Waals surface area (Å²) in [4.78, 5) is 38.0. The third-order valence-electron chi connectivity index (χ3n) is 11.7. The van der Waals surface area contributed by atoms with Crippen molar-refractivity contribution in [2.24, 2.45) is 0 Å². The molecule has 0 spiro atoms. The van der Waals surface area contributed by atoms with Gasteiger partial charge in [-0.15, -0.1) is 0 Å². The molecular weight excluding hydrogens is 805 g/mol. The predicted octanol–water partition coefficient (Wildman–Crippen LogP) is 18.2. The molecule has 0 radical (unpaired) electrons. The first-order valence-corrected chi connectivity index (χ1v) is 27.4. The third kappa shape index (κ3) is 51.7. The number of carbonyl (C=O) groups is 3. The average Bonchev–Trinajstić information content (AvgIpc) is 3.30. The zero-order valence-corrected chi connectivity index (χ0v) is 42.7. The standard InChI is InChI=1S/C59H102O6/c1-4-7-10-13-16-19-22-25-26-27-28-29-30-31-32-35-37-40-43-46-49-52-58(61)64-55-56(65-59(62)53-50-47-44-41-38-34-24-21-18-15-12-9-6-3)54-63-57(60)51-48-45-42-39-36-33-23-20-17-14-11-8-5-2/h7,10,12,15-16,19,21,24-26,28-29,56H,4-6,8-9,11,13-14,17-18,20,22-23,27,30-55H2,1-3H3/b10-7-,15-12-,19-16-,24-21-,26-25-,29-28-. The van der Waals surface area contributed by atoms with Crippen molar-refractivity contribution < 1.29 is 28.6 Å². The van der Waals surface area contributed by atoms with Crippen LogP contribution in [0.4, 0.5) is 0 Å². The highest BCUT2D eigenvalue weighted by atomic mass is 16.6. The molecule has 0 saturated carbocycles. The van der Waals surface area contributed by atoms with Crippen molar-refractivity contribution in [2.45, 2.75) is 271 Å². The topological polar surface area (TPSA) is 78.9 Å². The lowest BCUT2D eigenvalue weighted by Crippen LogP contribution is -2.30. The van der Waals surface area contributed by atoms with E-state index in [1.165, 1.54) is 103 Å². The number of ether oxygens (including phenoxy) is 3. The second kappa shape index (κ2) is 53.5. The average molecular weight is 907 g/mol. The summed E-state index contributed by atoms with van der Waals surface area (Å²) >= 11 is 0. The minimum Gasteiger partial charge on any atom is -0.462 e. The monoisotopic (exact) mass is 907 g/mol. The van der Waals surface area contributed by atoms with Gasteiger partial charge in [0.05, 0.1) is 0 Å². The molecule has 0 rings (SSSR count). The predicted molar refractivity (Wildman–Crippen MR) is 279 cm³/mol. The van der Waals surface area contributed by atoms with Gasteiger partial charge < -0.3 is 14.2 Å². The minimum absolute atomic E-state index is 0.0817. The maximum absolute atomic E-state index is 12.8. The van der Waals surface area contributed by atoms with E-state index in [0.717, 1.165) is 122 Å². The lowest BCUT2D eigenvalue weighted by molar-refractivity contribution is -0.167. The molecule has 0 aromatic rings. The maximum atomic E-state index is 12.8. The zero-order valence-electron chi connectivity index (χ0n) is 42.7. The highest BCUT2D eigenvalue weighted by Crippen LogP contribution is 2.15. The van der Waals surface area contributed by atoms with Crippen LogP contribution in [0, 0.1) is 0 Å². The summed E-state index contributed by atoms with van der Waals surface area (Å²) < 4.78 is 16.8. The zero-order chi connectivity index (χ0) is 47.2.